The zero-order valence-electron chi connectivity index (χ0n) is 14.6. The molecule has 1 aromatic rings. The summed E-state index contributed by atoms with van der Waals surface area (Å²) in [4.78, 5) is 39.1. The highest BCUT2D eigenvalue weighted by atomic mass is 32.1. The average molecular weight is 375 g/mol. The van der Waals surface area contributed by atoms with Gasteiger partial charge in [-0.3, -0.25) is 19.8 Å². The summed E-state index contributed by atoms with van der Waals surface area (Å²) in [5.41, 5.74) is 0. The van der Waals surface area contributed by atoms with Crippen LogP contribution >= 0.6 is 11.3 Å². The van der Waals surface area contributed by atoms with Crippen molar-refractivity contribution in [1.29, 1.82) is 0 Å². The molecule has 1 aliphatic heterocycles. The second kappa shape index (κ2) is 6.46. The Morgan fingerprint density at radius 2 is 1.85 bits per heavy atom. The molecule has 138 valence electrons. The molecule has 2 N–H and O–H groups in total. The van der Waals surface area contributed by atoms with Crippen LogP contribution in [0.2, 0.25) is 0 Å². The maximum Gasteiger partial charge on any atom is 0.322 e. The first-order valence-corrected chi connectivity index (χ1v) is 9.76. The molecule has 1 saturated carbocycles. The Balaban J connectivity index is 1.43. The average Bonchev–Trinajstić information content (AvgIpc) is 3.19. The largest absolute Gasteiger partial charge is 0.322 e. The summed E-state index contributed by atoms with van der Waals surface area (Å²) < 4.78 is 0. The van der Waals surface area contributed by atoms with Gasteiger partial charge in [-0.25, -0.2) is 4.79 Å². The minimum atomic E-state index is -0.710. The zero-order valence-corrected chi connectivity index (χ0v) is 15.5. The summed E-state index contributed by atoms with van der Waals surface area (Å²) >= 11 is 1.30. The molecule has 2 heterocycles. The lowest BCUT2D eigenvalue weighted by Crippen LogP contribution is -2.50. The topological polar surface area (TPSA) is 104 Å². The van der Waals surface area contributed by atoms with Gasteiger partial charge in [-0.1, -0.05) is 30.4 Å². The van der Waals surface area contributed by atoms with E-state index in [1.165, 1.54) is 16.2 Å². The van der Waals surface area contributed by atoms with Crippen molar-refractivity contribution in [3.8, 4) is 0 Å². The first-order chi connectivity index (χ1) is 12.5. The van der Waals surface area contributed by atoms with Gasteiger partial charge in [-0.05, 0) is 38.0 Å². The lowest BCUT2D eigenvalue weighted by atomic mass is 9.63. The van der Waals surface area contributed by atoms with Crippen LogP contribution in [0.15, 0.2) is 12.2 Å². The van der Waals surface area contributed by atoms with Crippen LogP contribution in [0.1, 0.15) is 31.7 Å². The van der Waals surface area contributed by atoms with Crippen LogP contribution < -0.4 is 10.6 Å². The summed E-state index contributed by atoms with van der Waals surface area (Å²) in [5, 5.41) is 14.3. The molecule has 8 nitrogen and oxygen atoms in total. The van der Waals surface area contributed by atoms with Gasteiger partial charge in [-0.15, -0.1) is 10.2 Å². The van der Waals surface area contributed by atoms with Crippen molar-refractivity contribution in [2.75, 3.05) is 5.32 Å². The number of imide groups is 1. The summed E-state index contributed by atoms with van der Waals surface area (Å²) in [6, 6.07) is -0.507. The van der Waals surface area contributed by atoms with E-state index in [4.69, 9.17) is 0 Å². The monoisotopic (exact) mass is 375 g/mol. The molecule has 0 unspecified atom stereocenters. The molecule has 0 aromatic carbocycles. The molecule has 4 amide bonds. The molecule has 5 atom stereocenters. The number of urea groups is 1. The number of likely N-dealkylation sites (tertiary alicyclic amines) is 1. The number of amides is 4. The Morgan fingerprint density at radius 3 is 2.35 bits per heavy atom. The van der Waals surface area contributed by atoms with Crippen molar-refractivity contribution in [1.82, 2.24) is 20.4 Å². The standard InChI is InChI=1S/C17H21N5O3S/c1-3-11-20-21-17(26-11)19-16(25)18-8(2)22-14(23)12-9-4-5-10(7-6-9)13(12)15(22)24/h4-5,8-10,12-13H,3,6-7H2,1-2H3,(H2,18,19,21,25)/t8-,9-,10-,12+,13+/m0/s1. The zero-order chi connectivity index (χ0) is 18.4. The van der Waals surface area contributed by atoms with Crippen LogP contribution in [0.25, 0.3) is 0 Å². The molecular weight excluding hydrogens is 354 g/mol. The highest BCUT2D eigenvalue weighted by molar-refractivity contribution is 7.15. The van der Waals surface area contributed by atoms with Gasteiger partial charge in [0.15, 0.2) is 0 Å². The second-order valence-corrected chi connectivity index (χ2v) is 8.08. The third-order valence-corrected chi connectivity index (χ3v) is 6.49. The molecule has 0 spiro atoms. The van der Waals surface area contributed by atoms with Crippen molar-refractivity contribution in [2.45, 2.75) is 39.3 Å². The number of aromatic nitrogens is 2. The van der Waals surface area contributed by atoms with Gasteiger partial charge in [0.2, 0.25) is 16.9 Å². The van der Waals surface area contributed by atoms with E-state index < -0.39 is 12.2 Å². The number of fused-ring (bicyclic) bond motifs is 1. The molecule has 1 aromatic heterocycles. The van der Waals surface area contributed by atoms with Gasteiger partial charge in [0.25, 0.3) is 0 Å². The number of allylic oxidation sites excluding steroid dienone is 2. The van der Waals surface area contributed by atoms with Gasteiger partial charge in [0.05, 0.1) is 11.8 Å². The summed E-state index contributed by atoms with van der Waals surface area (Å²) in [6.45, 7) is 3.61. The SMILES string of the molecule is CCc1nnc(NC(=O)N[C@H](C)N2C(=O)[C@H]3[C@H](C2=O)[C@H]2C=C[C@H]3CC2)s1. The maximum absolute atomic E-state index is 12.8. The fourth-order valence-electron chi connectivity index (χ4n) is 4.31. The number of carbonyl (C=O) groups excluding carboxylic acids is 3. The van der Waals surface area contributed by atoms with E-state index in [-0.39, 0.29) is 35.5 Å². The Bertz CT molecular complexity index is 759. The number of aryl methyl sites for hydroxylation is 1. The highest BCUT2D eigenvalue weighted by Gasteiger charge is 2.57. The van der Waals surface area contributed by atoms with Crippen LogP contribution in [-0.4, -0.2) is 39.1 Å². The summed E-state index contributed by atoms with van der Waals surface area (Å²) in [7, 11) is 0. The van der Waals surface area contributed by atoms with Crippen LogP contribution in [0.4, 0.5) is 9.93 Å². The molecule has 5 rings (SSSR count). The van der Waals surface area contributed by atoms with E-state index >= 15 is 0 Å². The Morgan fingerprint density at radius 1 is 1.23 bits per heavy atom. The van der Waals surface area contributed by atoms with Crippen LogP contribution in [0.5, 0.6) is 0 Å². The van der Waals surface area contributed by atoms with Gasteiger partial charge in [-0.2, -0.15) is 0 Å². The third kappa shape index (κ3) is 2.70. The number of anilines is 1. The van der Waals surface area contributed by atoms with Crippen molar-refractivity contribution < 1.29 is 14.4 Å². The molecular formula is C17H21N5O3S. The fourth-order valence-corrected chi connectivity index (χ4v) is 4.99. The lowest BCUT2D eigenvalue weighted by molar-refractivity contribution is -0.142. The number of rotatable bonds is 4. The predicted octanol–water partition coefficient (Wildman–Crippen LogP) is 1.77. The molecule has 2 fully saturated rings. The van der Waals surface area contributed by atoms with Gasteiger partial charge in [0.1, 0.15) is 11.2 Å². The van der Waals surface area contributed by atoms with Crippen LogP contribution in [0, 0.1) is 23.7 Å². The number of nitrogens with zero attached hydrogens (tertiary/aromatic N) is 3. The summed E-state index contributed by atoms with van der Waals surface area (Å²) in [6.07, 6.45) is 6.10. The number of nitrogens with one attached hydrogen (secondary N) is 2. The van der Waals surface area contributed by atoms with Crippen LogP contribution in [0.3, 0.4) is 0 Å². The number of hydrogen-bond donors (Lipinski definition) is 2. The van der Waals surface area contributed by atoms with E-state index in [0.29, 0.717) is 5.13 Å². The van der Waals surface area contributed by atoms with Crippen molar-refractivity contribution in [3.05, 3.63) is 17.2 Å². The molecule has 26 heavy (non-hydrogen) atoms. The highest BCUT2D eigenvalue weighted by Crippen LogP contribution is 2.49. The fraction of sp³-hybridized carbons (Fsp3) is 0.588. The van der Waals surface area contributed by atoms with Crippen molar-refractivity contribution in [2.24, 2.45) is 23.7 Å². The number of carbonyl (C=O) groups is 3. The first kappa shape index (κ1) is 17.1. The lowest BCUT2D eigenvalue weighted by Gasteiger charge is -2.38. The van der Waals surface area contributed by atoms with Gasteiger partial charge in [0, 0.05) is 0 Å². The minimum Gasteiger partial charge on any atom is -0.317 e. The first-order valence-electron chi connectivity index (χ1n) is 8.94. The Kier molecular flexibility index (Phi) is 4.26. The predicted molar refractivity (Wildman–Crippen MR) is 95.1 cm³/mol. The molecule has 4 aliphatic rings. The van der Waals surface area contributed by atoms with E-state index in [0.717, 1.165) is 24.3 Å². The smallest absolute Gasteiger partial charge is 0.317 e. The third-order valence-electron chi connectivity index (χ3n) is 5.51. The van der Waals surface area contributed by atoms with E-state index in [1.807, 2.05) is 6.92 Å². The normalized spacial score (nSPS) is 30.5. The molecule has 2 bridgehead atoms. The van der Waals surface area contributed by atoms with Gasteiger partial charge >= 0.3 is 6.03 Å². The Hall–Kier alpha value is -2.29. The molecule has 3 aliphatic carbocycles. The maximum atomic E-state index is 12.8. The molecule has 0 radical (unpaired) electrons. The minimum absolute atomic E-state index is 0.140. The van der Waals surface area contributed by atoms with Crippen molar-refractivity contribution >= 4 is 34.3 Å². The van der Waals surface area contributed by atoms with E-state index in [2.05, 4.69) is 33.0 Å². The molecule has 1 saturated heterocycles. The van der Waals surface area contributed by atoms with Gasteiger partial charge < -0.3 is 5.32 Å². The van der Waals surface area contributed by atoms with E-state index in [9.17, 15) is 14.4 Å². The molecule has 9 heteroatoms. The van der Waals surface area contributed by atoms with Crippen LogP contribution in [-0.2, 0) is 16.0 Å². The van der Waals surface area contributed by atoms with Crippen molar-refractivity contribution in [3.63, 3.8) is 0 Å². The quantitative estimate of drug-likeness (QED) is 0.616. The summed E-state index contributed by atoms with van der Waals surface area (Å²) in [5.74, 6) is -0.600. The second-order valence-electron chi connectivity index (χ2n) is 7.02. The Labute approximate surface area is 155 Å². The van der Waals surface area contributed by atoms with E-state index in [1.54, 1.807) is 6.92 Å². The number of hydrogen-bond acceptors (Lipinski definition) is 6.